The Kier molecular flexibility index (Phi) is 7.06. The molecule has 0 atom stereocenters. The van der Waals surface area contributed by atoms with Gasteiger partial charge in [0.15, 0.2) is 0 Å². The normalized spacial score (nSPS) is 12.3. The fourth-order valence-corrected chi connectivity index (χ4v) is 5.20. The number of hydrazine groups is 1. The minimum absolute atomic E-state index is 0.00215. The summed E-state index contributed by atoms with van der Waals surface area (Å²) in [6.07, 6.45) is 1.15. The van der Waals surface area contributed by atoms with Crippen LogP contribution in [0.5, 0.6) is 0 Å². The van der Waals surface area contributed by atoms with Crippen LogP contribution < -0.4 is 10.3 Å². The summed E-state index contributed by atoms with van der Waals surface area (Å²) < 4.78 is 50.8. The Bertz CT molecular complexity index is 1010. The Balaban J connectivity index is 2.17. The lowest BCUT2D eigenvalue weighted by atomic mass is 10.4. The molecule has 0 bridgehead atoms. The van der Waals surface area contributed by atoms with Crippen molar-refractivity contribution in [3.8, 4) is 0 Å². The fraction of sp³-hybridized carbons (Fsp3) is 0.267. The van der Waals surface area contributed by atoms with E-state index in [0.717, 1.165) is 6.20 Å². The molecule has 2 aromatic rings. The van der Waals surface area contributed by atoms with Gasteiger partial charge >= 0.3 is 0 Å². The van der Waals surface area contributed by atoms with E-state index in [9.17, 15) is 16.8 Å². The van der Waals surface area contributed by atoms with E-state index in [1.165, 1.54) is 34.6 Å². The molecule has 0 aliphatic rings. The molecule has 0 aliphatic heterocycles. The predicted molar refractivity (Wildman–Crippen MR) is 105 cm³/mol. The molecular formula is C15H18Cl2N4O4S2. The van der Waals surface area contributed by atoms with Crippen LogP contribution >= 0.6 is 23.2 Å². The van der Waals surface area contributed by atoms with Crippen LogP contribution in [0.4, 0.5) is 5.82 Å². The summed E-state index contributed by atoms with van der Waals surface area (Å²) in [7, 11) is -7.66. The van der Waals surface area contributed by atoms with Crippen LogP contribution in [-0.4, -0.2) is 39.2 Å². The van der Waals surface area contributed by atoms with Crippen LogP contribution in [0.25, 0.3) is 0 Å². The second kappa shape index (κ2) is 8.72. The van der Waals surface area contributed by atoms with Gasteiger partial charge in [0.1, 0.15) is 15.6 Å². The van der Waals surface area contributed by atoms with Crippen molar-refractivity contribution in [2.24, 2.45) is 0 Å². The highest BCUT2D eigenvalue weighted by molar-refractivity contribution is 7.89. The molecule has 2 N–H and O–H groups in total. The zero-order chi connectivity index (χ0) is 20.2. The summed E-state index contributed by atoms with van der Waals surface area (Å²) in [4.78, 5) is 5.86. The molecule has 148 valence electrons. The quantitative estimate of drug-likeness (QED) is 0.595. The highest BCUT2D eigenvalue weighted by Crippen LogP contribution is 2.24. The zero-order valence-electron chi connectivity index (χ0n) is 14.5. The lowest BCUT2D eigenvalue weighted by Crippen LogP contribution is -2.31. The maximum absolute atomic E-state index is 12.4. The van der Waals surface area contributed by atoms with Crippen molar-refractivity contribution in [1.82, 2.24) is 14.1 Å². The maximum atomic E-state index is 12.4. The summed E-state index contributed by atoms with van der Waals surface area (Å²) in [6.45, 7) is 4.14. The number of anilines is 1. The van der Waals surface area contributed by atoms with Gasteiger partial charge in [0.2, 0.25) is 10.0 Å². The van der Waals surface area contributed by atoms with Gasteiger partial charge in [-0.25, -0.2) is 21.8 Å². The minimum atomic E-state index is -4.02. The Labute approximate surface area is 168 Å². The third-order valence-corrected chi connectivity index (χ3v) is 7.57. The monoisotopic (exact) mass is 452 g/mol. The number of halogens is 2. The lowest BCUT2D eigenvalue weighted by Gasteiger charge is -2.18. The first kappa shape index (κ1) is 21.9. The van der Waals surface area contributed by atoms with Gasteiger partial charge in [0, 0.05) is 24.3 Å². The van der Waals surface area contributed by atoms with E-state index in [4.69, 9.17) is 23.2 Å². The van der Waals surface area contributed by atoms with Crippen molar-refractivity contribution in [3.05, 3.63) is 46.6 Å². The van der Waals surface area contributed by atoms with Crippen LogP contribution in [0, 0.1) is 0 Å². The van der Waals surface area contributed by atoms with Crippen LogP contribution in [0.1, 0.15) is 13.8 Å². The molecule has 2 rings (SSSR count). The highest BCUT2D eigenvalue weighted by atomic mass is 35.5. The number of hydrogen-bond donors (Lipinski definition) is 2. The van der Waals surface area contributed by atoms with E-state index >= 15 is 0 Å². The standard InChI is InChI=1S/C15H18Cl2N4O4S2/c1-3-21(4-2)27(24,25)12-6-8-15(18-10-12)19-20-26(22,23)14-9-11(16)5-7-13(14)17/h5-10,20H,3-4H2,1-2H3,(H,18,19). The predicted octanol–water partition coefficient (Wildman–Crippen LogP) is 2.72. The molecule has 0 amide bonds. The second-order valence-electron chi connectivity index (χ2n) is 5.27. The molecule has 0 saturated heterocycles. The van der Waals surface area contributed by atoms with E-state index in [2.05, 4.69) is 15.2 Å². The van der Waals surface area contributed by atoms with Gasteiger partial charge in [-0.15, -0.1) is 4.83 Å². The average molecular weight is 453 g/mol. The molecule has 0 saturated carbocycles. The molecule has 27 heavy (non-hydrogen) atoms. The van der Waals surface area contributed by atoms with E-state index in [1.54, 1.807) is 13.8 Å². The number of sulfonamides is 2. The SMILES string of the molecule is CCN(CC)S(=O)(=O)c1ccc(NNS(=O)(=O)c2cc(Cl)ccc2Cl)nc1. The largest absolute Gasteiger partial charge is 0.292 e. The van der Waals surface area contributed by atoms with Crippen LogP contribution in [0.3, 0.4) is 0 Å². The Morgan fingerprint density at radius 2 is 1.70 bits per heavy atom. The molecule has 0 aliphatic carbocycles. The first-order valence-electron chi connectivity index (χ1n) is 7.81. The number of pyridine rings is 1. The third-order valence-electron chi connectivity index (χ3n) is 3.58. The molecule has 12 heteroatoms. The van der Waals surface area contributed by atoms with Crippen molar-refractivity contribution in [2.45, 2.75) is 23.6 Å². The van der Waals surface area contributed by atoms with E-state index in [0.29, 0.717) is 13.1 Å². The van der Waals surface area contributed by atoms with Gasteiger partial charge in [-0.3, -0.25) is 5.43 Å². The fourth-order valence-electron chi connectivity index (χ4n) is 2.18. The van der Waals surface area contributed by atoms with Gasteiger partial charge in [-0.05, 0) is 30.3 Å². The Hall–Kier alpha value is -1.43. The van der Waals surface area contributed by atoms with Crippen molar-refractivity contribution in [3.63, 3.8) is 0 Å². The number of hydrogen-bond acceptors (Lipinski definition) is 6. The maximum Gasteiger partial charge on any atom is 0.258 e. The first-order valence-corrected chi connectivity index (χ1v) is 11.5. The summed E-state index contributed by atoms with van der Waals surface area (Å²) in [5.74, 6) is 0.107. The smallest absolute Gasteiger partial charge is 0.258 e. The van der Waals surface area contributed by atoms with Gasteiger partial charge < -0.3 is 0 Å². The molecule has 0 radical (unpaired) electrons. The molecule has 0 fully saturated rings. The van der Waals surface area contributed by atoms with Gasteiger partial charge in [-0.1, -0.05) is 37.0 Å². The van der Waals surface area contributed by atoms with Gasteiger partial charge in [0.05, 0.1) is 5.02 Å². The van der Waals surface area contributed by atoms with Crippen molar-refractivity contribution in [2.75, 3.05) is 18.5 Å². The van der Waals surface area contributed by atoms with Crippen LogP contribution in [0.2, 0.25) is 10.0 Å². The molecule has 0 unspecified atom stereocenters. The number of aromatic nitrogens is 1. The highest BCUT2D eigenvalue weighted by Gasteiger charge is 2.22. The topological polar surface area (TPSA) is 108 Å². The lowest BCUT2D eigenvalue weighted by molar-refractivity contribution is 0.445. The average Bonchev–Trinajstić information content (AvgIpc) is 2.63. The summed E-state index contributed by atoms with van der Waals surface area (Å²) in [5.41, 5.74) is 2.41. The Morgan fingerprint density at radius 1 is 1.04 bits per heavy atom. The molecule has 1 aromatic heterocycles. The van der Waals surface area contributed by atoms with E-state index in [1.807, 2.05) is 0 Å². The van der Waals surface area contributed by atoms with E-state index in [-0.39, 0.29) is 25.7 Å². The molecular weight excluding hydrogens is 435 g/mol. The summed E-state index contributed by atoms with van der Waals surface area (Å²) in [6, 6.07) is 6.72. The molecule has 1 heterocycles. The van der Waals surface area contributed by atoms with Crippen molar-refractivity contribution in [1.29, 1.82) is 0 Å². The van der Waals surface area contributed by atoms with Gasteiger partial charge in [0.25, 0.3) is 10.0 Å². The number of benzene rings is 1. The van der Waals surface area contributed by atoms with Gasteiger partial charge in [-0.2, -0.15) is 4.31 Å². The van der Waals surface area contributed by atoms with Crippen LogP contribution in [-0.2, 0) is 20.0 Å². The summed E-state index contributed by atoms with van der Waals surface area (Å²) >= 11 is 11.7. The minimum Gasteiger partial charge on any atom is -0.292 e. The van der Waals surface area contributed by atoms with Crippen molar-refractivity contribution >= 4 is 49.1 Å². The first-order chi connectivity index (χ1) is 12.6. The number of rotatable bonds is 8. The Morgan fingerprint density at radius 3 is 2.26 bits per heavy atom. The van der Waals surface area contributed by atoms with E-state index < -0.39 is 20.0 Å². The number of nitrogens with zero attached hydrogens (tertiary/aromatic N) is 2. The summed E-state index contributed by atoms with van der Waals surface area (Å²) in [5, 5.41) is 0.214. The van der Waals surface area contributed by atoms with Crippen molar-refractivity contribution < 1.29 is 16.8 Å². The second-order valence-corrected chi connectivity index (χ2v) is 9.71. The third kappa shape index (κ3) is 5.09. The number of nitrogens with one attached hydrogen (secondary N) is 2. The zero-order valence-corrected chi connectivity index (χ0v) is 17.6. The molecule has 8 nitrogen and oxygen atoms in total. The molecule has 0 spiro atoms. The molecule has 1 aromatic carbocycles. The van der Waals surface area contributed by atoms with Crippen LogP contribution in [0.15, 0.2) is 46.3 Å².